The molecular formula is C25H38O7. The average molecular weight is 451 g/mol. The Bertz CT molecular complexity index is 864. The molecule has 7 heteroatoms. The van der Waals surface area contributed by atoms with Crippen molar-refractivity contribution in [1.29, 1.82) is 0 Å². The Labute approximate surface area is 190 Å². The first kappa shape index (κ1) is 23.9. The molecule has 32 heavy (non-hydrogen) atoms. The van der Waals surface area contributed by atoms with Crippen LogP contribution in [0.4, 0.5) is 0 Å². The van der Waals surface area contributed by atoms with E-state index < -0.39 is 52.1 Å². The minimum absolute atomic E-state index is 0.0700. The van der Waals surface area contributed by atoms with Crippen molar-refractivity contribution in [3.63, 3.8) is 0 Å². The number of aliphatic hydroxyl groups is 1. The van der Waals surface area contributed by atoms with Crippen LogP contribution in [0.5, 0.6) is 0 Å². The number of hydrogen-bond acceptors (Lipinski definition) is 7. The van der Waals surface area contributed by atoms with Gasteiger partial charge in [0, 0.05) is 24.7 Å². The van der Waals surface area contributed by atoms with E-state index in [-0.39, 0.29) is 23.7 Å². The van der Waals surface area contributed by atoms with Crippen LogP contribution >= 0.6 is 0 Å². The van der Waals surface area contributed by atoms with E-state index in [4.69, 9.17) is 18.9 Å². The van der Waals surface area contributed by atoms with E-state index in [0.717, 1.165) is 12.8 Å². The largest absolute Gasteiger partial charge is 0.457 e. The fourth-order valence-corrected chi connectivity index (χ4v) is 7.80. The van der Waals surface area contributed by atoms with E-state index in [1.807, 2.05) is 6.92 Å². The second kappa shape index (κ2) is 6.65. The molecule has 180 valence electrons. The third-order valence-electron chi connectivity index (χ3n) is 8.76. The van der Waals surface area contributed by atoms with Gasteiger partial charge in [-0.05, 0) is 46.0 Å². The van der Waals surface area contributed by atoms with Gasteiger partial charge in [0.2, 0.25) is 0 Å². The second-order valence-corrected chi connectivity index (χ2v) is 11.9. The molecule has 4 fully saturated rings. The van der Waals surface area contributed by atoms with E-state index in [0.29, 0.717) is 0 Å². The van der Waals surface area contributed by atoms with Gasteiger partial charge in [-0.1, -0.05) is 26.8 Å². The van der Waals surface area contributed by atoms with Crippen LogP contribution in [0.25, 0.3) is 0 Å². The minimum atomic E-state index is -1.49. The van der Waals surface area contributed by atoms with Gasteiger partial charge in [0.05, 0.1) is 17.8 Å². The Morgan fingerprint density at radius 3 is 2.34 bits per heavy atom. The Morgan fingerprint density at radius 2 is 1.78 bits per heavy atom. The molecule has 2 saturated heterocycles. The highest BCUT2D eigenvalue weighted by molar-refractivity contribution is 5.93. The third kappa shape index (κ3) is 2.74. The predicted molar refractivity (Wildman–Crippen MR) is 117 cm³/mol. The number of aliphatic hydroxyl groups excluding tert-OH is 1. The molecule has 2 aliphatic heterocycles. The number of ether oxygens (including phenoxy) is 4. The van der Waals surface area contributed by atoms with Crippen molar-refractivity contribution in [3.8, 4) is 0 Å². The van der Waals surface area contributed by atoms with Gasteiger partial charge < -0.3 is 24.1 Å². The molecule has 1 unspecified atom stereocenters. The fraction of sp³-hybridized carbons (Fsp3) is 0.840. The lowest BCUT2D eigenvalue weighted by atomic mass is 9.39. The van der Waals surface area contributed by atoms with E-state index in [1.54, 1.807) is 33.8 Å². The molecule has 1 N–H and O–H groups in total. The van der Waals surface area contributed by atoms with Gasteiger partial charge in [-0.2, -0.15) is 0 Å². The Hall–Kier alpha value is -1.28. The number of ketones is 1. The summed E-state index contributed by atoms with van der Waals surface area (Å²) < 4.78 is 25.6. The summed E-state index contributed by atoms with van der Waals surface area (Å²) in [6.07, 6.45) is 0.673. The first-order valence-corrected chi connectivity index (χ1v) is 11.6. The maximum Gasteiger partial charge on any atom is 0.303 e. The van der Waals surface area contributed by atoms with Crippen LogP contribution in [-0.4, -0.2) is 57.8 Å². The monoisotopic (exact) mass is 450 g/mol. The molecule has 0 aromatic carbocycles. The molecule has 7 nitrogen and oxygen atoms in total. The van der Waals surface area contributed by atoms with Crippen molar-refractivity contribution in [1.82, 2.24) is 0 Å². The number of esters is 1. The average Bonchev–Trinajstić information content (AvgIpc) is 2.63. The van der Waals surface area contributed by atoms with Crippen LogP contribution < -0.4 is 0 Å². The summed E-state index contributed by atoms with van der Waals surface area (Å²) in [7, 11) is 0. The SMILES string of the molecule is C=C[C@@]1(C)CC(=O)[C@@]23OC(C)(C)O[C@H]4CCC(C)(C)C([C@H](O)[C@H](OC(C)=O)[C@@]2(C)O1)[C@]43C. The smallest absolute Gasteiger partial charge is 0.303 e. The van der Waals surface area contributed by atoms with E-state index in [1.165, 1.54) is 6.92 Å². The third-order valence-corrected chi connectivity index (χ3v) is 8.76. The van der Waals surface area contributed by atoms with Crippen molar-refractivity contribution in [2.24, 2.45) is 16.7 Å². The Balaban J connectivity index is 2.07. The van der Waals surface area contributed by atoms with E-state index >= 15 is 0 Å². The Morgan fingerprint density at radius 1 is 1.16 bits per heavy atom. The van der Waals surface area contributed by atoms with Crippen molar-refractivity contribution in [2.45, 2.75) is 116 Å². The standard InChI is InChI=1S/C25H38O7/c1-10-22(7)13-15(27)25-23(8)16(30-21(5,6)31-25)11-12-20(3,4)18(23)17(28)19(29-14(2)26)24(25,9)32-22/h10,16-19,28H,1,11-13H2,2-9H3/t16-,17-,18?,19-,22-,23-,24+,25-/m0/s1. The maximum atomic E-state index is 14.3. The molecule has 0 aromatic rings. The van der Waals surface area contributed by atoms with Crippen molar-refractivity contribution < 1.29 is 33.6 Å². The van der Waals surface area contributed by atoms with Crippen LogP contribution in [0.15, 0.2) is 12.7 Å². The molecule has 4 aliphatic rings. The lowest BCUT2D eigenvalue weighted by Crippen LogP contribution is -2.90. The molecule has 1 spiro atoms. The highest BCUT2D eigenvalue weighted by Gasteiger charge is 2.84. The number of Topliss-reactive ketones (excluding diaryl/α,β-unsaturated/α-hetero) is 1. The Kier molecular flexibility index (Phi) is 4.96. The van der Waals surface area contributed by atoms with Gasteiger partial charge >= 0.3 is 5.97 Å². The van der Waals surface area contributed by atoms with Crippen LogP contribution in [0.3, 0.4) is 0 Å². The van der Waals surface area contributed by atoms with Gasteiger partial charge in [0.15, 0.2) is 23.3 Å². The van der Waals surface area contributed by atoms with Crippen LogP contribution in [0.1, 0.15) is 74.7 Å². The molecule has 2 heterocycles. The van der Waals surface area contributed by atoms with E-state index in [2.05, 4.69) is 20.4 Å². The summed E-state index contributed by atoms with van der Waals surface area (Å²) in [5, 5.41) is 11.8. The van der Waals surface area contributed by atoms with Gasteiger partial charge in [-0.3, -0.25) is 9.59 Å². The molecule has 0 amide bonds. The van der Waals surface area contributed by atoms with Crippen molar-refractivity contribution in [3.05, 3.63) is 12.7 Å². The highest BCUT2D eigenvalue weighted by Crippen LogP contribution is 2.71. The van der Waals surface area contributed by atoms with Crippen LogP contribution in [0.2, 0.25) is 0 Å². The molecule has 0 radical (unpaired) electrons. The quantitative estimate of drug-likeness (QED) is 0.510. The van der Waals surface area contributed by atoms with Crippen LogP contribution in [0, 0.1) is 16.7 Å². The summed E-state index contributed by atoms with van der Waals surface area (Å²) in [6, 6.07) is 0. The molecular weight excluding hydrogens is 412 g/mol. The number of hydrogen-bond donors (Lipinski definition) is 1. The number of carbonyl (C=O) groups excluding carboxylic acids is 2. The second-order valence-electron chi connectivity index (χ2n) is 11.9. The normalized spacial score (nSPS) is 51.2. The molecule has 0 aromatic heterocycles. The first-order valence-electron chi connectivity index (χ1n) is 11.6. The summed E-state index contributed by atoms with van der Waals surface area (Å²) in [4.78, 5) is 26.5. The summed E-state index contributed by atoms with van der Waals surface area (Å²) in [6.45, 7) is 18.5. The zero-order valence-electron chi connectivity index (χ0n) is 20.6. The molecule has 2 aliphatic carbocycles. The van der Waals surface area contributed by atoms with Gasteiger partial charge in [0.1, 0.15) is 5.60 Å². The molecule has 4 rings (SSSR count). The lowest BCUT2D eigenvalue weighted by Gasteiger charge is -2.75. The zero-order chi connectivity index (χ0) is 24.1. The summed E-state index contributed by atoms with van der Waals surface area (Å²) in [5.41, 5.74) is -5.21. The van der Waals surface area contributed by atoms with Gasteiger partial charge in [-0.25, -0.2) is 0 Å². The van der Waals surface area contributed by atoms with Gasteiger partial charge in [-0.15, -0.1) is 6.58 Å². The maximum absolute atomic E-state index is 14.3. The van der Waals surface area contributed by atoms with Crippen LogP contribution in [-0.2, 0) is 28.5 Å². The highest BCUT2D eigenvalue weighted by atomic mass is 16.7. The van der Waals surface area contributed by atoms with Gasteiger partial charge in [0.25, 0.3) is 0 Å². The number of rotatable bonds is 2. The summed E-state index contributed by atoms with van der Waals surface area (Å²) >= 11 is 0. The van der Waals surface area contributed by atoms with E-state index in [9.17, 15) is 14.7 Å². The van der Waals surface area contributed by atoms with Crippen molar-refractivity contribution in [2.75, 3.05) is 0 Å². The van der Waals surface area contributed by atoms with Crippen molar-refractivity contribution >= 4 is 11.8 Å². The predicted octanol–water partition coefficient (Wildman–Crippen LogP) is 3.32. The molecule has 0 bridgehead atoms. The number of carbonyl (C=O) groups is 2. The first-order chi connectivity index (χ1) is 14.5. The summed E-state index contributed by atoms with van der Waals surface area (Å²) in [5.74, 6) is -2.18. The molecule has 2 saturated carbocycles. The molecule has 8 atom stereocenters. The minimum Gasteiger partial charge on any atom is -0.457 e. The fourth-order valence-electron chi connectivity index (χ4n) is 7.80. The topological polar surface area (TPSA) is 91.3 Å². The zero-order valence-corrected chi connectivity index (χ0v) is 20.6. The lowest BCUT2D eigenvalue weighted by molar-refractivity contribution is -0.463.